The van der Waals surface area contributed by atoms with Crippen LogP contribution in [-0.2, 0) is 4.79 Å². The van der Waals surface area contributed by atoms with E-state index in [0.717, 1.165) is 0 Å². The first-order chi connectivity index (χ1) is 12.0. The number of aliphatic carboxylic acids is 1. The molecule has 2 aromatic rings. The molecule has 25 heavy (non-hydrogen) atoms. The number of nitrogens with zero attached hydrogens (tertiary/aromatic N) is 3. The van der Waals surface area contributed by atoms with Crippen molar-refractivity contribution in [1.82, 2.24) is 4.98 Å². The maximum atomic E-state index is 14.5. The van der Waals surface area contributed by atoms with Crippen LogP contribution in [0.4, 0.5) is 10.1 Å². The van der Waals surface area contributed by atoms with Gasteiger partial charge in [0.2, 0.25) is 0 Å². The van der Waals surface area contributed by atoms with Gasteiger partial charge in [0.25, 0.3) is 0 Å². The number of fused-ring (bicyclic) bond motifs is 1. The first-order valence-electron chi connectivity index (χ1n) is 8.01. The zero-order valence-corrected chi connectivity index (χ0v) is 14.0. The van der Waals surface area contributed by atoms with Crippen LogP contribution in [-0.4, -0.2) is 36.3 Å². The van der Waals surface area contributed by atoms with Crippen molar-refractivity contribution in [3.8, 4) is 11.8 Å². The molecule has 6 nitrogen and oxygen atoms in total. The fourth-order valence-corrected chi connectivity index (χ4v) is 3.49. The molecule has 1 aromatic carbocycles. The minimum absolute atomic E-state index is 0.0795. The smallest absolute Gasteiger partial charge is 0.306 e. The predicted molar refractivity (Wildman–Crippen MR) is 90.1 cm³/mol. The van der Waals surface area contributed by atoms with Crippen LogP contribution in [0.3, 0.4) is 0 Å². The second-order valence-corrected chi connectivity index (χ2v) is 6.27. The van der Waals surface area contributed by atoms with Gasteiger partial charge in [-0.25, -0.2) is 4.39 Å². The second kappa shape index (κ2) is 6.55. The van der Waals surface area contributed by atoms with Gasteiger partial charge in [0.05, 0.1) is 24.3 Å². The average molecular weight is 343 g/mol. The van der Waals surface area contributed by atoms with Gasteiger partial charge in [-0.05, 0) is 24.5 Å². The van der Waals surface area contributed by atoms with Gasteiger partial charge < -0.3 is 14.7 Å². The first-order valence-corrected chi connectivity index (χ1v) is 8.01. The Kier molecular flexibility index (Phi) is 4.45. The van der Waals surface area contributed by atoms with E-state index >= 15 is 0 Å². The Bertz CT molecular complexity index is 878. The molecule has 1 saturated heterocycles. The molecule has 0 amide bonds. The lowest BCUT2D eigenvalue weighted by Crippen LogP contribution is -2.42. The van der Waals surface area contributed by atoms with Crippen LogP contribution < -0.4 is 9.64 Å². The zero-order valence-electron chi connectivity index (χ0n) is 14.0. The SMILES string of the molecule is COc1ccc2c(N3CC[C@@H](C(=O)O)[C@@H](C)C3)c(C#N)cnc2c1F. The van der Waals surface area contributed by atoms with Gasteiger partial charge in [0.1, 0.15) is 11.6 Å². The first kappa shape index (κ1) is 17.0. The Hall–Kier alpha value is -2.88. The second-order valence-electron chi connectivity index (χ2n) is 6.27. The lowest BCUT2D eigenvalue weighted by molar-refractivity contribution is -0.144. The fourth-order valence-electron chi connectivity index (χ4n) is 3.49. The summed E-state index contributed by atoms with van der Waals surface area (Å²) in [6.45, 7) is 2.85. The number of benzene rings is 1. The summed E-state index contributed by atoms with van der Waals surface area (Å²) in [5.74, 6) is -1.77. The third-order valence-electron chi connectivity index (χ3n) is 4.79. The van der Waals surface area contributed by atoms with Crippen LogP contribution in [0.1, 0.15) is 18.9 Å². The van der Waals surface area contributed by atoms with Crippen LogP contribution in [0, 0.1) is 29.0 Å². The topological polar surface area (TPSA) is 86.5 Å². The van der Waals surface area contributed by atoms with Crippen molar-refractivity contribution in [2.75, 3.05) is 25.1 Å². The summed E-state index contributed by atoms with van der Waals surface area (Å²) >= 11 is 0. The summed E-state index contributed by atoms with van der Waals surface area (Å²) in [5.41, 5.74) is 1.09. The van der Waals surface area contributed by atoms with Gasteiger partial charge in [-0.15, -0.1) is 0 Å². The number of carboxylic acids is 1. The number of piperidine rings is 1. The zero-order chi connectivity index (χ0) is 18.1. The highest BCUT2D eigenvalue weighted by Gasteiger charge is 2.32. The van der Waals surface area contributed by atoms with Crippen LogP contribution in [0.25, 0.3) is 10.9 Å². The highest BCUT2D eigenvalue weighted by atomic mass is 19.1. The van der Waals surface area contributed by atoms with Crippen LogP contribution in [0.15, 0.2) is 18.3 Å². The van der Waals surface area contributed by atoms with Crippen molar-refractivity contribution < 1.29 is 19.0 Å². The Morgan fingerprint density at radius 1 is 1.52 bits per heavy atom. The maximum Gasteiger partial charge on any atom is 0.306 e. The van der Waals surface area contributed by atoms with Crippen molar-refractivity contribution in [3.63, 3.8) is 0 Å². The molecule has 0 unspecified atom stereocenters. The Balaban J connectivity index is 2.11. The number of pyridine rings is 1. The van der Waals surface area contributed by atoms with Crippen LogP contribution >= 0.6 is 0 Å². The third-order valence-corrected chi connectivity index (χ3v) is 4.79. The van der Waals surface area contributed by atoms with Crippen LogP contribution in [0.2, 0.25) is 0 Å². The highest BCUT2D eigenvalue weighted by Crippen LogP contribution is 2.36. The van der Waals surface area contributed by atoms with Gasteiger partial charge in [-0.1, -0.05) is 6.92 Å². The van der Waals surface area contributed by atoms with Gasteiger partial charge in [-0.3, -0.25) is 9.78 Å². The van der Waals surface area contributed by atoms with E-state index in [1.54, 1.807) is 6.07 Å². The largest absolute Gasteiger partial charge is 0.494 e. The molecule has 1 aliphatic rings. The van der Waals surface area contributed by atoms with Crippen molar-refractivity contribution >= 4 is 22.6 Å². The number of aromatic nitrogens is 1. The van der Waals surface area contributed by atoms with Crippen molar-refractivity contribution in [3.05, 3.63) is 29.7 Å². The molecule has 1 aliphatic heterocycles. The number of carbonyl (C=O) groups is 1. The van der Waals surface area contributed by atoms with E-state index in [9.17, 15) is 19.6 Å². The number of hydrogen-bond acceptors (Lipinski definition) is 5. The third kappa shape index (κ3) is 2.84. The molecule has 1 aromatic heterocycles. The Morgan fingerprint density at radius 3 is 2.88 bits per heavy atom. The number of hydrogen-bond donors (Lipinski definition) is 1. The predicted octanol–water partition coefficient (Wildman–Crippen LogP) is 2.80. The molecule has 3 rings (SSSR count). The minimum atomic E-state index is -0.803. The quantitative estimate of drug-likeness (QED) is 0.922. The molecule has 0 radical (unpaired) electrons. The molecule has 0 spiro atoms. The normalized spacial score (nSPS) is 20.3. The number of anilines is 1. The number of nitriles is 1. The highest BCUT2D eigenvalue weighted by molar-refractivity contribution is 5.95. The van der Waals surface area contributed by atoms with Crippen molar-refractivity contribution in [1.29, 1.82) is 5.26 Å². The van der Waals surface area contributed by atoms with E-state index in [2.05, 4.69) is 11.1 Å². The maximum absolute atomic E-state index is 14.5. The van der Waals surface area contributed by atoms with E-state index in [4.69, 9.17) is 4.74 Å². The molecule has 1 N–H and O–H groups in total. The molecule has 130 valence electrons. The van der Waals surface area contributed by atoms with Crippen LogP contribution in [0.5, 0.6) is 5.75 Å². The van der Waals surface area contributed by atoms with E-state index in [1.165, 1.54) is 19.4 Å². The lowest BCUT2D eigenvalue weighted by atomic mass is 9.86. The van der Waals surface area contributed by atoms with Gasteiger partial charge >= 0.3 is 5.97 Å². The van der Waals surface area contributed by atoms with E-state index in [-0.39, 0.29) is 17.2 Å². The Labute approximate surface area is 144 Å². The van der Waals surface area contributed by atoms with E-state index < -0.39 is 17.7 Å². The van der Waals surface area contributed by atoms with E-state index in [0.29, 0.717) is 36.1 Å². The lowest BCUT2D eigenvalue weighted by Gasteiger charge is -2.37. The monoisotopic (exact) mass is 343 g/mol. The molecule has 1 fully saturated rings. The summed E-state index contributed by atoms with van der Waals surface area (Å²) in [6.07, 6.45) is 1.83. The molecule has 0 bridgehead atoms. The number of halogens is 1. The summed E-state index contributed by atoms with van der Waals surface area (Å²) in [6, 6.07) is 5.31. The number of ether oxygens (including phenoxy) is 1. The van der Waals surface area contributed by atoms with Gasteiger partial charge in [-0.2, -0.15) is 5.26 Å². The summed E-state index contributed by atoms with van der Waals surface area (Å²) in [5, 5.41) is 19.3. The number of rotatable bonds is 3. The van der Waals surface area contributed by atoms with E-state index in [1.807, 2.05) is 11.8 Å². The molecule has 2 heterocycles. The van der Waals surface area contributed by atoms with Crippen molar-refractivity contribution in [2.45, 2.75) is 13.3 Å². The molecule has 0 aliphatic carbocycles. The minimum Gasteiger partial charge on any atom is -0.494 e. The standard InChI is InChI=1S/C18H18FN3O3/c1-10-9-22(6-5-12(10)18(23)24)17-11(7-20)8-21-16-13(17)3-4-14(25-2)15(16)19/h3-4,8,10,12H,5-6,9H2,1-2H3,(H,23,24)/t10-,12+/m0/s1. The average Bonchev–Trinajstić information content (AvgIpc) is 2.60. The fraction of sp³-hybridized carbons (Fsp3) is 0.389. The molecular weight excluding hydrogens is 325 g/mol. The number of carboxylic acid groups (broad SMARTS) is 1. The summed E-state index contributed by atoms with van der Waals surface area (Å²) in [7, 11) is 1.38. The summed E-state index contributed by atoms with van der Waals surface area (Å²) < 4.78 is 19.5. The molecular formula is C18H18FN3O3. The van der Waals surface area contributed by atoms with Crippen molar-refractivity contribution in [2.24, 2.45) is 11.8 Å². The summed E-state index contributed by atoms with van der Waals surface area (Å²) in [4.78, 5) is 17.4. The van der Waals surface area contributed by atoms with Gasteiger partial charge in [0, 0.05) is 24.7 Å². The Morgan fingerprint density at radius 2 is 2.28 bits per heavy atom. The molecule has 7 heteroatoms. The molecule has 0 saturated carbocycles. The number of methoxy groups -OCH3 is 1. The molecule has 2 atom stereocenters. The van der Waals surface area contributed by atoms with Gasteiger partial charge in [0.15, 0.2) is 11.6 Å².